The van der Waals surface area contributed by atoms with Crippen molar-refractivity contribution >= 4 is 11.8 Å². The van der Waals surface area contributed by atoms with Gasteiger partial charge in [0.2, 0.25) is 11.8 Å². The summed E-state index contributed by atoms with van der Waals surface area (Å²) >= 11 is 0. The minimum absolute atomic E-state index is 0.126. The molecule has 5 heteroatoms. The molecule has 1 aliphatic carbocycles. The predicted octanol–water partition coefficient (Wildman–Crippen LogP) is 3.11. The molecule has 1 saturated carbocycles. The number of piperidine rings is 1. The molecule has 3 aliphatic rings. The van der Waals surface area contributed by atoms with E-state index in [2.05, 4.69) is 6.92 Å². The number of rotatable bonds is 4. The SMILES string of the molecule is CCCN1CCC[C@]2(CCN(C(=O)C3(c4ccc(F)cc4)CC3)C2)C1=O. The summed E-state index contributed by atoms with van der Waals surface area (Å²) in [6.45, 7) is 4.97. The lowest BCUT2D eigenvalue weighted by molar-refractivity contribution is -0.146. The Balaban J connectivity index is 1.51. The molecular weight excluding hydrogens is 331 g/mol. The summed E-state index contributed by atoms with van der Waals surface area (Å²) in [5, 5.41) is 0. The number of carbonyl (C=O) groups excluding carboxylic acids is 2. The molecule has 4 nitrogen and oxygen atoms in total. The lowest BCUT2D eigenvalue weighted by atomic mass is 9.78. The van der Waals surface area contributed by atoms with Crippen LogP contribution in [0.15, 0.2) is 24.3 Å². The van der Waals surface area contributed by atoms with Crippen LogP contribution in [0.1, 0.15) is 51.0 Å². The summed E-state index contributed by atoms with van der Waals surface area (Å²) in [5.41, 5.74) is 0.0505. The van der Waals surface area contributed by atoms with Gasteiger partial charge >= 0.3 is 0 Å². The molecule has 2 amide bonds. The lowest BCUT2D eigenvalue weighted by Gasteiger charge is -2.39. The van der Waals surface area contributed by atoms with Crippen LogP contribution in [0.3, 0.4) is 0 Å². The number of halogens is 1. The van der Waals surface area contributed by atoms with E-state index < -0.39 is 5.41 Å². The molecule has 1 atom stereocenters. The fourth-order valence-corrected chi connectivity index (χ4v) is 4.88. The van der Waals surface area contributed by atoms with Crippen LogP contribution in [0.4, 0.5) is 4.39 Å². The van der Waals surface area contributed by atoms with Gasteiger partial charge in [-0.05, 0) is 56.2 Å². The first-order valence-corrected chi connectivity index (χ1v) is 9.86. The average molecular weight is 358 g/mol. The highest BCUT2D eigenvalue weighted by atomic mass is 19.1. The number of hydrogen-bond acceptors (Lipinski definition) is 2. The van der Waals surface area contributed by atoms with E-state index in [1.54, 1.807) is 12.1 Å². The van der Waals surface area contributed by atoms with Gasteiger partial charge < -0.3 is 9.80 Å². The Kier molecular flexibility index (Phi) is 4.28. The largest absolute Gasteiger partial charge is 0.342 e. The first-order valence-electron chi connectivity index (χ1n) is 9.86. The van der Waals surface area contributed by atoms with E-state index in [0.717, 1.165) is 57.2 Å². The van der Waals surface area contributed by atoms with Crippen LogP contribution in [-0.4, -0.2) is 47.8 Å². The highest BCUT2D eigenvalue weighted by molar-refractivity contribution is 5.93. The summed E-state index contributed by atoms with van der Waals surface area (Å²) in [6.07, 6.45) is 5.29. The van der Waals surface area contributed by atoms with Crippen molar-refractivity contribution in [1.29, 1.82) is 0 Å². The minimum Gasteiger partial charge on any atom is -0.342 e. The molecule has 1 aromatic carbocycles. The molecule has 0 aromatic heterocycles. The Hall–Kier alpha value is -1.91. The standard InChI is InChI=1S/C21H27FN2O2/c1-2-12-23-13-3-8-20(18(23)25)11-14-24(15-20)19(26)21(9-10-21)16-4-6-17(22)7-5-16/h4-7H,2-3,8-15H2,1H3/t20-/m1/s1. The zero-order chi connectivity index (χ0) is 18.4. The van der Waals surface area contributed by atoms with Crippen molar-refractivity contribution in [3.05, 3.63) is 35.6 Å². The molecule has 4 rings (SSSR count). The van der Waals surface area contributed by atoms with Gasteiger partial charge in [0.1, 0.15) is 5.82 Å². The zero-order valence-corrected chi connectivity index (χ0v) is 15.5. The average Bonchev–Trinajstić information content (AvgIpc) is 3.34. The lowest BCUT2D eigenvalue weighted by Crippen LogP contribution is -2.51. The van der Waals surface area contributed by atoms with E-state index in [9.17, 15) is 14.0 Å². The van der Waals surface area contributed by atoms with Gasteiger partial charge in [0.05, 0.1) is 10.8 Å². The first-order chi connectivity index (χ1) is 12.5. The molecule has 26 heavy (non-hydrogen) atoms. The number of amides is 2. The quantitative estimate of drug-likeness (QED) is 0.830. The van der Waals surface area contributed by atoms with E-state index in [1.165, 1.54) is 12.1 Å². The summed E-state index contributed by atoms with van der Waals surface area (Å²) < 4.78 is 13.2. The van der Waals surface area contributed by atoms with Crippen molar-refractivity contribution < 1.29 is 14.0 Å². The second kappa shape index (κ2) is 6.36. The van der Waals surface area contributed by atoms with E-state index in [1.807, 2.05) is 9.80 Å². The van der Waals surface area contributed by atoms with E-state index in [-0.39, 0.29) is 23.0 Å². The normalized spacial score (nSPS) is 27.2. The van der Waals surface area contributed by atoms with Gasteiger partial charge in [-0.1, -0.05) is 19.1 Å². The topological polar surface area (TPSA) is 40.6 Å². The van der Waals surface area contributed by atoms with Crippen LogP contribution >= 0.6 is 0 Å². The van der Waals surface area contributed by atoms with Crippen molar-refractivity contribution in [2.45, 2.75) is 50.9 Å². The van der Waals surface area contributed by atoms with Gasteiger partial charge in [0.15, 0.2) is 0 Å². The maximum atomic E-state index is 13.3. The molecule has 3 fully saturated rings. The van der Waals surface area contributed by atoms with Crippen molar-refractivity contribution in [2.75, 3.05) is 26.2 Å². The third-order valence-corrected chi connectivity index (χ3v) is 6.51. The van der Waals surface area contributed by atoms with Crippen LogP contribution in [-0.2, 0) is 15.0 Å². The van der Waals surface area contributed by atoms with Crippen LogP contribution in [0, 0.1) is 11.2 Å². The molecule has 0 N–H and O–H groups in total. The number of likely N-dealkylation sites (tertiary alicyclic amines) is 2. The third-order valence-electron chi connectivity index (χ3n) is 6.51. The van der Waals surface area contributed by atoms with Crippen molar-refractivity contribution in [3.8, 4) is 0 Å². The van der Waals surface area contributed by atoms with Gasteiger partial charge in [0, 0.05) is 26.2 Å². The van der Waals surface area contributed by atoms with Crippen LogP contribution in [0.2, 0.25) is 0 Å². The predicted molar refractivity (Wildman–Crippen MR) is 97.0 cm³/mol. The number of carbonyl (C=O) groups is 2. The first kappa shape index (κ1) is 17.5. The molecule has 2 aliphatic heterocycles. The molecule has 0 bridgehead atoms. The zero-order valence-electron chi connectivity index (χ0n) is 15.5. The maximum Gasteiger partial charge on any atom is 0.233 e. The maximum absolute atomic E-state index is 13.3. The highest BCUT2D eigenvalue weighted by Gasteiger charge is 2.57. The van der Waals surface area contributed by atoms with Crippen molar-refractivity contribution in [2.24, 2.45) is 5.41 Å². The molecule has 1 spiro atoms. The van der Waals surface area contributed by atoms with Gasteiger partial charge in [-0.15, -0.1) is 0 Å². The van der Waals surface area contributed by atoms with Crippen LogP contribution < -0.4 is 0 Å². The van der Waals surface area contributed by atoms with E-state index in [0.29, 0.717) is 13.1 Å². The summed E-state index contributed by atoms with van der Waals surface area (Å²) in [7, 11) is 0. The van der Waals surface area contributed by atoms with Crippen LogP contribution in [0.25, 0.3) is 0 Å². The molecule has 140 valence electrons. The minimum atomic E-state index is -0.486. The fraction of sp³-hybridized carbons (Fsp3) is 0.619. The monoisotopic (exact) mass is 358 g/mol. The Morgan fingerprint density at radius 1 is 1.12 bits per heavy atom. The van der Waals surface area contributed by atoms with E-state index >= 15 is 0 Å². The molecular formula is C21H27FN2O2. The fourth-order valence-electron chi connectivity index (χ4n) is 4.88. The van der Waals surface area contributed by atoms with Crippen molar-refractivity contribution in [1.82, 2.24) is 9.80 Å². The Bertz CT molecular complexity index is 711. The molecule has 0 radical (unpaired) electrons. The van der Waals surface area contributed by atoms with Gasteiger partial charge in [0.25, 0.3) is 0 Å². The van der Waals surface area contributed by atoms with E-state index in [4.69, 9.17) is 0 Å². The smallest absolute Gasteiger partial charge is 0.233 e. The Morgan fingerprint density at radius 3 is 2.50 bits per heavy atom. The van der Waals surface area contributed by atoms with Gasteiger partial charge in [-0.2, -0.15) is 0 Å². The number of hydrogen-bond donors (Lipinski definition) is 0. The summed E-state index contributed by atoms with van der Waals surface area (Å²) in [5.74, 6) is 0.0925. The highest BCUT2D eigenvalue weighted by Crippen LogP contribution is 2.51. The molecule has 0 unspecified atom stereocenters. The van der Waals surface area contributed by atoms with Gasteiger partial charge in [-0.3, -0.25) is 9.59 Å². The molecule has 2 heterocycles. The Morgan fingerprint density at radius 2 is 1.85 bits per heavy atom. The third kappa shape index (κ3) is 2.72. The summed E-state index contributed by atoms with van der Waals surface area (Å²) in [4.78, 5) is 30.2. The number of nitrogens with zero attached hydrogens (tertiary/aromatic N) is 2. The van der Waals surface area contributed by atoms with Crippen LogP contribution in [0.5, 0.6) is 0 Å². The Labute approximate surface area is 154 Å². The van der Waals surface area contributed by atoms with Crippen molar-refractivity contribution in [3.63, 3.8) is 0 Å². The summed E-state index contributed by atoms with van der Waals surface area (Å²) in [6, 6.07) is 6.34. The molecule has 1 aromatic rings. The number of benzene rings is 1. The second-order valence-corrected chi connectivity index (χ2v) is 8.24. The second-order valence-electron chi connectivity index (χ2n) is 8.24. The van der Waals surface area contributed by atoms with Gasteiger partial charge in [-0.25, -0.2) is 4.39 Å². The molecule has 2 saturated heterocycles.